The maximum Gasteiger partial charge on any atom is 0.178 e. The molecule has 1 unspecified atom stereocenters. The quantitative estimate of drug-likeness (QED) is 0.784. The largest absolute Gasteiger partial charge is 0.353 e. The van der Waals surface area contributed by atoms with Crippen molar-refractivity contribution in [3.8, 4) is 0 Å². The average Bonchev–Trinajstić information content (AvgIpc) is 2.48. The van der Waals surface area contributed by atoms with Crippen LogP contribution in [0.15, 0.2) is 42.5 Å². The molecule has 0 saturated carbocycles. The highest BCUT2D eigenvalue weighted by atomic mass is 16.7. The molecular formula is C15H18O4. The molecule has 2 heterocycles. The van der Waals surface area contributed by atoms with E-state index in [0.717, 1.165) is 5.56 Å². The van der Waals surface area contributed by atoms with Gasteiger partial charge in [-0.2, -0.15) is 0 Å². The van der Waals surface area contributed by atoms with Crippen molar-refractivity contribution in [1.82, 2.24) is 0 Å². The summed E-state index contributed by atoms with van der Waals surface area (Å²) in [5.74, 6) is 0. The van der Waals surface area contributed by atoms with Crippen molar-refractivity contribution in [2.24, 2.45) is 0 Å². The van der Waals surface area contributed by atoms with Crippen LogP contribution in [-0.4, -0.2) is 31.9 Å². The Bertz CT molecular complexity index is 431. The van der Waals surface area contributed by atoms with Gasteiger partial charge in [-0.1, -0.05) is 36.4 Å². The molecule has 0 amide bonds. The highest BCUT2D eigenvalue weighted by molar-refractivity contribution is 5.17. The third-order valence-corrected chi connectivity index (χ3v) is 3.37. The van der Waals surface area contributed by atoms with Gasteiger partial charge in [0.1, 0.15) is 19.0 Å². The number of benzene rings is 1. The van der Waals surface area contributed by atoms with Crippen LogP contribution in [0.25, 0.3) is 0 Å². The molecule has 4 heteroatoms. The van der Waals surface area contributed by atoms with Gasteiger partial charge in [-0.15, -0.1) is 0 Å². The third kappa shape index (κ3) is 3.04. The molecule has 4 atom stereocenters. The van der Waals surface area contributed by atoms with Crippen LogP contribution in [0.4, 0.5) is 0 Å². The Morgan fingerprint density at radius 3 is 2.89 bits per heavy atom. The molecule has 1 aromatic carbocycles. The molecule has 1 saturated heterocycles. The Balaban J connectivity index is 1.61. The van der Waals surface area contributed by atoms with Crippen LogP contribution in [0.3, 0.4) is 0 Å². The first-order chi connectivity index (χ1) is 9.33. The number of fused-ring (bicyclic) bond motifs is 1. The smallest absolute Gasteiger partial charge is 0.178 e. The minimum atomic E-state index is -0.346. The summed E-state index contributed by atoms with van der Waals surface area (Å²) in [5.41, 5.74) is 1.14. The fourth-order valence-corrected chi connectivity index (χ4v) is 2.29. The van der Waals surface area contributed by atoms with Gasteiger partial charge in [-0.05, 0) is 18.6 Å². The third-order valence-electron chi connectivity index (χ3n) is 3.37. The van der Waals surface area contributed by atoms with Gasteiger partial charge >= 0.3 is 0 Å². The van der Waals surface area contributed by atoms with Crippen LogP contribution >= 0.6 is 0 Å². The molecule has 0 aromatic heterocycles. The monoisotopic (exact) mass is 262 g/mol. The minimum absolute atomic E-state index is 0.0133. The molecule has 0 aliphatic carbocycles. The van der Waals surface area contributed by atoms with Crippen LogP contribution in [0.2, 0.25) is 0 Å². The average molecular weight is 262 g/mol. The molecule has 0 radical (unpaired) electrons. The second-order valence-corrected chi connectivity index (χ2v) is 4.74. The Hall–Kier alpha value is -1.20. The van der Waals surface area contributed by atoms with Gasteiger partial charge in [-0.3, -0.25) is 0 Å². The highest BCUT2D eigenvalue weighted by Crippen LogP contribution is 2.25. The first kappa shape index (κ1) is 12.8. The molecule has 0 spiro atoms. The lowest BCUT2D eigenvalue weighted by atomic mass is 10.1. The Morgan fingerprint density at radius 1 is 1.21 bits per heavy atom. The van der Waals surface area contributed by atoms with Crippen molar-refractivity contribution in [3.63, 3.8) is 0 Å². The van der Waals surface area contributed by atoms with E-state index in [4.69, 9.17) is 18.9 Å². The maximum atomic E-state index is 5.91. The molecule has 19 heavy (non-hydrogen) atoms. The molecule has 4 nitrogen and oxygen atoms in total. The fourth-order valence-electron chi connectivity index (χ4n) is 2.29. The first-order valence-corrected chi connectivity index (χ1v) is 6.56. The van der Waals surface area contributed by atoms with Crippen LogP contribution in [0.1, 0.15) is 18.6 Å². The number of rotatable bonds is 3. The van der Waals surface area contributed by atoms with Gasteiger partial charge in [0, 0.05) is 0 Å². The normalized spacial score (nSPS) is 31.7. The standard InChI is InChI=1S/C15H18O4/c1-11(12-5-3-2-4-6-12)18-15-8-7-13-14(19-15)9-16-10-17-13/h2-8,11,13-15H,9-10H2,1H3/t11-,13+,14-,15?/m1/s1. The van der Waals surface area contributed by atoms with E-state index in [-0.39, 0.29) is 24.6 Å². The summed E-state index contributed by atoms with van der Waals surface area (Å²) in [5, 5.41) is 0. The van der Waals surface area contributed by atoms with Gasteiger partial charge in [0.15, 0.2) is 6.29 Å². The molecule has 0 N–H and O–H groups in total. The molecule has 2 aliphatic rings. The molecule has 0 bridgehead atoms. The van der Waals surface area contributed by atoms with Gasteiger partial charge in [0.05, 0.1) is 12.7 Å². The zero-order valence-electron chi connectivity index (χ0n) is 10.9. The van der Waals surface area contributed by atoms with E-state index in [0.29, 0.717) is 13.4 Å². The molecule has 2 aliphatic heterocycles. The topological polar surface area (TPSA) is 36.9 Å². The van der Waals surface area contributed by atoms with Crippen LogP contribution in [0, 0.1) is 0 Å². The highest BCUT2D eigenvalue weighted by Gasteiger charge is 2.32. The van der Waals surface area contributed by atoms with Crippen molar-refractivity contribution in [2.75, 3.05) is 13.4 Å². The van der Waals surface area contributed by atoms with E-state index >= 15 is 0 Å². The van der Waals surface area contributed by atoms with Crippen LogP contribution in [0.5, 0.6) is 0 Å². The minimum Gasteiger partial charge on any atom is -0.353 e. The number of hydrogen-bond donors (Lipinski definition) is 0. The lowest BCUT2D eigenvalue weighted by Crippen LogP contribution is -2.44. The summed E-state index contributed by atoms with van der Waals surface area (Å²) in [7, 11) is 0. The molecule has 3 rings (SSSR count). The van der Waals surface area contributed by atoms with Crippen molar-refractivity contribution < 1.29 is 18.9 Å². The van der Waals surface area contributed by atoms with Gasteiger partial charge in [0.2, 0.25) is 0 Å². The lowest BCUT2D eigenvalue weighted by molar-refractivity contribution is -0.251. The summed E-state index contributed by atoms with van der Waals surface area (Å²) >= 11 is 0. The zero-order valence-corrected chi connectivity index (χ0v) is 10.9. The second-order valence-electron chi connectivity index (χ2n) is 4.74. The summed E-state index contributed by atoms with van der Waals surface area (Å²) in [6, 6.07) is 10.1. The number of ether oxygens (including phenoxy) is 4. The zero-order chi connectivity index (χ0) is 13.1. The van der Waals surface area contributed by atoms with Gasteiger partial charge in [0.25, 0.3) is 0 Å². The van der Waals surface area contributed by atoms with E-state index in [1.54, 1.807) is 0 Å². The van der Waals surface area contributed by atoms with E-state index in [9.17, 15) is 0 Å². The lowest BCUT2D eigenvalue weighted by Gasteiger charge is -2.35. The fraction of sp³-hybridized carbons (Fsp3) is 0.467. The van der Waals surface area contributed by atoms with Crippen molar-refractivity contribution in [2.45, 2.75) is 31.5 Å². The van der Waals surface area contributed by atoms with E-state index < -0.39 is 0 Å². The van der Waals surface area contributed by atoms with Gasteiger partial charge in [-0.25, -0.2) is 0 Å². The molecule has 1 aromatic rings. The van der Waals surface area contributed by atoms with Crippen molar-refractivity contribution in [1.29, 1.82) is 0 Å². The summed E-state index contributed by atoms with van der Waals surface area (Å²) in [4.78, 5) is 0. The van der Waals surface area contributed by atoms with E-state index in [1.165, 1.54) is 0 Å². The molecular weight excluding hydrogens is 244 g/mol. The maximum absolute atomic E-state index is 5.91. The summed E-state index contributed by atoms with van der Waals surface area (Å²) in [6.45, 7) is 2.90. The SMILES string of the molecule is C[C@@H](OC1C=C[C@@H]2OCOC[C@H]2O1)c1ccccc1. The summed E-state index contributed by atoms with van der Waals surface area (Å²) < 4.78 is 22.4. The van der Waals surface area contributed by atoms with E-state index in [1.807, 2.05) is 49.4 Å². The Kier molecular flexibility index (Phi) is 3.94. The molecule has 1 fully saturated rings. The van der Waals surface area contributed by atoms with Crippen LogP contribution < -0.4 is 0 Å². The number of hydrogen-bond acceptors (Lipinski definition) is 4. The van der Waals surface area contributed by atoms with Gasteiger partial charge < -0.3 is 18.9 Å². The van der Waals surface area contributed by atoms with E-state index in [2.05, 4.69) is 0 Å². The predicted octanol–water partition coefficient (Wildman–Crippen LogP) is 2.42. The predicted molar refractivity (Wildman–Crippen MR) is 69.4 cm³/mol. The van der Waals surface area contributed by atoms with Crippen molar-refractivity contribution >= 4 is 0 Å². The summed E-state index contributed by atoms with van der Waals surface area (Å²) in [6.07, 6.45) is 3.46. The van der Waals surface area contributed by atoms with Crippen molar-refractivity contribution in [3.05, 3.63) is 48.0 Å². The Morgan fingerprint density at radius 2 is 2.05 bits per heavy atom. The second kappa shape index (κ2) is 5.84. The van der Waals surface area contributed by atoms with Crippen LogP contribution in [-0.2, 0) is 18.9 Å². The Labute approximate surface area is 112 Å². The molecule has 102 valence electrons. The first-order valence-electron chi connectivity index (χ1n) is 6.56.